The highest BCUT2D eigenvalue weighted by Gasteiger charge is 2.31. The van der Waals surface area contributed by atoms with Gasteiger partial charge < -0.3 is 4.42 Å². The van der Waals surface area contributed by atoms with Crippen LogP contribution in [0.3, 0.4) is 0 Å². The lowest BCUT2D eigenvalue weighted by atomic mass is 10.1. The molecule has 0 spiro atoms. The molecule has 3 aromatic rings. The molecule has 1 fully saturated rings. The first-order valence-electron chi connectivity index (χ1n) is 11.8. The van der Waals surface area contributed by atoms with Gasteiger partial charge in [-0.1, -0.05) is 34.1 Å². The van der Waals surface area contributed by atoms with Gasteiger partial charge in [-0.15, -0.1) is 10.2 Å². The SMILES string of the molecule is Cc1c(-c2nnc(CN3C[C@@H](C)N(C(C)C)[C@@H](C)C3)o2)cc(Br)cc1N(N)S(=O)c1ccccc1. The number of hydrogen-bond donors (Lipinski definition) is 1. The molecule has 0 radical (unpaired) electrons. The van der Waals surface area contributed by atoms with Gasteiger partial charge >= 0.3 is 0 Å². The van der Waals surface area contributed by atoms with Gasteiger partial charge in [0.15, 0.2) is 11.0 Å². The highest BCUT2D eigenvalue weighted by atomic mass is 79.9. The molecule has 2 heterocycles. The lowest BCUT2D eigenvalue weighted by Gasteiger charge is -2.46. The monoisotopic (exact) mass is 560 g/mol. The lowest BCUT2D eigenvalue weighted by Crippen LogP contribution is -2.58. The Morgan fingerprint density at radius 3 is 2.46 bits per heavy atom. The van der Waals surface area contributed by atoms with Crippen molar-refractivity contribution in [2.75, 3.05) is 17.5 Å². The molecule has 0 amide bonds. The standard InChI is InChI=1S/C25H33BrN6O2S/c1-16(2)31-17(3)13-30(14-18(31)4)15-24-28-29-25(34-24)22-11-20(26)12-23(19(22)5)32(27)35(33)21-9-7-6-8-10-21/h6-12,16-18H,13-15,27H2,1-5H3/t17-,18+,35?. The van der Waals surface area contributed by atoms with Crippen LogP contribution in [0.2, 0.25) is 0 Å². The minimum Gasteiger partial charge on any atom is -0.419 e. The molecule has 1 unspecified atom stereocenters. The van der Waals surface area contributed by atoms with Gasteiger partial charge in [-0.25, -0.2) is 14.5 Å². The number of nitrogens with two attached hydrogens (primary N) is 1. The van der Waals surface area contributed by atoms with Crippen LogP contribution in [-0.4, -0.2) is 55.4 Å². The molecular weight excluding hydrogens is 528 g/mol. The number of halogens is 1. The van der Waals surface area contributed by atoms with Crippen LogP contribution in [0.15, 0.2) is 56.2 Å². The summed E-state index contributed by atoms with van der Waals surface area (Å²) in [5.74, 6) is 7.31. The number of benzene rings is 2. The van der Waals surface area contributed by atoms with E-state index in [1.807, 2.05) is 37.3 Å². The van der Waals surface area contributed by atoms with Gasteiger partial charge in [0.1, 0.15) is 0 Å². The van der Waals surface area contributed by atoms with E-state index in [9.17, 15) is 4.21 Å². The number of hydrogen-bond acceptors (Lipinski definition) is 7. The zero-order chi connectivity index (χ0) is 25.3. The summed E-state index contributed by atoms with van der Waals surface area (Å²) in [4.78, 5) is 5.55. The molecule has 2 aromatic carbocycles. The Morgan fingerprint density at radius 2 is 1.83 bits per heavy atom. The van der Waals surface area contributed by atoms with Gasteiger partial charge in [-0.3, -0.25) is 9.80 Å². The molecule has 2 N–H and O–H groups in total. The first-order chi connectivity index (χ1) is 16.7. The number of anilines is 1. The van der Waals surface area contributed by atoms with Gasteiger partial charge in [-0.05, 0) is 64.4 Å². The normalized spacial score (nSPS) is 20.3. The fourth-order valence-corrected chi connectivity index (χ4v) is 6.50. The Hall–Kier alpha value is -2.11. The summed E-state index contributed by atoms with van der Waals surface area (Å²) in [6, 6.07) is 14.3. The zero-order valence-corrected chi connectivity index (χ0v) is 23.2. The van der Waals surface area contributed by atoms with Crippen LogP contribution in [0.1, 0.15) is 39.1 Å². The summed E-state index contributed by atoms with van der Waals surface area (Å²) in [5, 5.41) is 8.66. The van der Waals surface area contributed by atoms with Crippen LogP contribution < -0.4 is 10.3 Å². The summed E-state index contributed by atoms with van der Waals surface area (Å²) < 4.78 is 21.2. The van der Waals surface area contributed by atoms with E-state index in [1.54, 1.807) is 12.1 Å². The van der Waals surface area contributed by atoms with E-state index < -0.39 is 11.0 Å². The molecule has 1 aromatic heterocycles. The van der Waals surface area contributed by atoms with Crippen molar-refractivity contribution in [3.05, 3.63) is 58.4 Å². The van der Waals surface area contributed by atoms with Crippen molar-refractivity contribution >= 4 is 32.6 Å². The molecule has 0 aliphatic carbocycles. The minimum absolute atomic E-state index is 0.417. The second-order valence-corrected chi connectivity index (χ2v) is 11.7. The molecule has 3 atom stereocenters. The molecular formula is C25H33BrN6O2S. The third-order valence-electron chi connectivity index (χ3n) is 6.42. The molecule has 35 heavy (non-hydrogen) atoms. The fourth-order valence-electron chi connectivity index (χ4n) is 5.07. The van der Waals surface area contributed by atoms with Gasteiger partial charge in [0.2, 0.25) is 11.8 Å². The molecule has 0 bridgehead atoms. The van der Waals surface area contributed by atoms with Gasteiger partial charge in [-0.2, -0.15) is 0 Å². The maximum absolute atomic E-state index is 13.0. The molecule has 0 saturated carbocycles. The quantitative estimate of drug-likeness (QED) is 0.335. The van der Waals surface area contributed by atoms with E-state index in [2.05, 4.69) is 63.6 Å². The van der Waals surface area contributed by atoms with E-state index in [1.165, 1.54) is 4.41 Å². The fraction of sp³-hybridized carbons (Fsp3) is 0.440. The second-order valence-electron chi connectivity index (χ2n) is 9.42. The van der Waals surface area contributed by atoms with E-state index >= 15 is 0 Å². The van der Waals surface area contributed by atoms with Crippen molar-refractivity contribution in [2.24, 2.45) is 5.84 Å². The summed E-state index contributed by atoms with van der Waals surface area (Å²) >= 11 is 3.55. The number of piperazine rings is 1. The zero-order valence-electron chi connectivity index (χ0n) is 20.8. The van der Waals surface area contributed by atoms with Crippen LogP contribution in [0, 0.1) is 6.92 Å². The summed E-state index contributed by atoms with van der Waals surface area (Å²) in [5.41, 5.74) is 2.17. The maximum Gasteiger partial charge on any atom is 0.248 e. The number of nitrogens with zero attached hydrogens (tertiary/aromatic N) is 5. The molecule has 1 aliphatic rings. The Balaban J connectivity index is 1.54. The van der Waals surface area contributed by atoms with Crippen LogP contribution in [-0.2, 0) is 17.5 Å². The highest BCUT2D eigenvalue weighted by molar-refractivity contribution is 9.10. The first kappa shape index (κ1) is 26.0. The third kappa shape index (κ3) is 5.67. The third-order valence-corrected chi connectivity index (χ3v) is 8.11. The Morgan fingerprint density at radius 1 is 1.17 bits per heavy atom. The van der Waals surface area contributed by atoms with Gasteiger partial charge in [0, 0.05) is 41.3 Å². The maximum atomic E-state index is 13.0. The van der Waals surface area contributed by atoms with E-state index in [0.29, 0.717) is 47.0 Å². The summed E-state index contributed by atoms with van der Waals surface area (Å²) in [6.45, 7) is 13.5. The number of rotatable bonds is 7. The second kappa shape index (κ2) is 10.9. The van der Waals surface area contributed by atoms with Gasteiger partial charge in [0.05, 0.1) is 17.1 Å². The Kier molecular flexibility index (Phi) is 8.07. The molecule has 4 rings (SSSR count). The van der Waals surface area contributed by atoms with Crippen molar-refractivity contribution in [3.8, 4) is 11.5 Å². The smallest absolute Gasteiger partial charge is 0.248 e. The molecule has 8 nitrogen and oxygen atoms in total. The molecule has 1 aliphatic heterocycles. The predicted octanol–water partition coefficient (Wildman–Crippen LogP) is 4.51. The average Bonchev–Trinajstić information content (AvgIpc) is 3.27. The molecule has 188 valence electrons. The van der Waals surface area contributed by atoms with Crippen LogP contribution in [0.25, 0.3) is 11.5 Å². The first-order valence-corrected chi connectivity index (χ1v) is 13.7. The van der Waals surface area contributed by atoms with Gasteiger partial charge in [0.25, 0.3) is 0 Å². The summed E-state index contributed by atoms with van der Waals surface area (Å²) in [6.07, 6.45) is 0. The van der Waals surface area contributed by atoms with E-state index in [0.717, 1.165) is 28.7 Å². The average molecular weight is 562 g/mol. The van der Waals surface area contributed by atoms with Crippen molar-refractivity contribution in [3.63, 3.8) is 0 Å². The van der Waals surface area contributed by atoms with Crippen LogP contribution in [0.4, 0.5) is 5.69 Å². The topological polar surface area (TPSA) is 91.7 Å². The Bertz CT molecular complexity index is 1180. The van der Waals surface area contributed by atoms with Crippen LogP contribution >= 0.6 is 15.9 Å². The molecule has 1 saturated heterocycles. The Labute approximate surface area is 218 Å². The lowest BCUT2D eigenvalue weighted by molar-refractivity contribution is 0.0102. The van der Waals surface area contributed by atoms with Crippen molar-refractivity contribution in [2.45, 2.75) is 64.2 Å². The largest absolute Gasteiger partial charge is 0.419 e. The number of hydrazine groups is 1. The van der Waals surface area contributed by atoms with Crippen LogP contribution in [0.5, 0.6) is 0 Å². The van der Waals surface area contributed by atoms with E-state index in [-0.39, 0.29) is 0 Å². The summed E-state index contributed by atoms with van der Waals surface area (Å²) in [7, 11) is -1.56. The van der Waals surface area contributed by atoms with Crippen molar-refractivity contribution in [1.82, 2.24) is 20.0 Å². The molecule has 10 heteroatoms. The van der Waals surface area contributed by atoms with Crippen molar-refractivity contribution < 1.29 is 8.63 Å². The highest BCUT2D eigenvalue weighted by Crippen LogP contribution is 2.34. The van der Waals surface area contributed by atoms with Crippen molar-refractivity contribution in [1.29, 1.82) is 0 Å². The predicted molar refractivity (Wildman–Crippen MR) is 143 cm³/mol. The van der Waals surface area contributed by atoms with E-state index in [4.69, 9.17) is 10.3 Å². The minimum atomic E-state index is -1.56. The number of aromatic nitrogens is 2.